The van der Waals surface area contributed by atoms with Crippen LogP contribution in [0.1, 0.15) is 65.4 Å². The molecular formula is C21H36N2O3. The zero-order valence-electron chi connectivity index (χ0n) is 17.1. The molecule has 0 aromatic heterocycles. The van der Waals surface area contributed by atoms with Crippen LogP contribution in [0.15, 0.2) is 18.2 Å². The molecule has 0 aliphatic heterocycles. The Bertz CT molecular complexity index is 539. The molecule has 0 aliphatic rings. The number of unbranched alkanes of at least 4 members (excludes halogenated alkanes) is 4. The van der Waals surface area contributed by atoms with Crippen LogP contribution in [-0.2, 0) is 11.3 Å². The fraction of sp³-hybridized carbons (Fsp3) is 0.667. The maximum atomic E-state index is 12.0. The SMILES string of the molecule is CCCCCCCNCc1cccc(OC)c1OCC(=O)NC(C)(C)C. The molecule has 2 N–H and O–H groups in total. The van der Waals surface area contributed by atoms with Gasteiger partial charge in [-0.2, -0.15) is 0 Å². The van der Waals surface area contributed by atoms with Crippen LogP contribution in [0.5, 0.6) is 11.5 Å². The second kappa shape index (κ2) is 11.8. The van der Waals surface area contributed by atoms with Crippen molar-refractivity contribution in [3.05, 3.63) is 23.8 Å². The summed E-state index contributed by atoms with van der Waals surface area (Å²) in [4.78, 5) is 12.0. The van der Waals surface area contributed by atoms with E-state index in [-0.39, 0.29) is 18.1 Å². The lowest BCUT2D eigenvalue weighted by molar-refractivity contribution is -0.124. The van der Waals surface area contributed by atoms with Crippen molar-refractivity contribution >= 4 is 5.91 Å². The van der Waals surface area contributed by atoms with Crippen LogP contribution < -0.4 is 20.1 Å². The summed E-state index contributed by atoms with van der Waals surface area (Å²) >= 11 is 0. The fourth-order valence-corrected chi connectivity index (χ4v) is 2.69. The summed E-state index contributed by atoms with van der Waals surface area (Å²) in [5.74, 6) is 1.14. The molecule has 0 unspecified atom stereocenters. The van der Waals surface area contributed by atoms with Gasteiger partial charge < -0.3 is 20.1 Å². The predicted molar refractivity (Wildman–Crippen MR) is 107 cm³/mol. The molecule has 0 atom stereocenters. The van der Waals surface area contributed by atoms with Crippen LogP contribution in [0, 0.1) is 0 Å². The van der Waals surface area contributed by atoms with Gasteiger partial charge in [-0.05, 0) is 39.8 Å². The van der Waals surface area contributed by atoms with Crippen LogP contribution in [0.3, 0.4) is 0 Å². The minimum atomic E-state index is -0.274. The molecule has 0 saturated carbocycles. The normalized spacial score (nSPS) is 11.3. The minimum absolute atomic E-state index is 0.0261. The Balaban J connectivity index is 2.56. The zero-order valence-corrected chi connectivity index (χ0v) is 17.1. The standard InChI is InChI=1S/C21H36N2O3/c1-6-7-8-9-10-14-22-15-17-12-11-13-18(25-5)20(17)26-16-19(24)23-21(2,3)4/h11-13,22H,6-10,14-16H2,1-5H3,(H,23,24). The van der Waals surface area contributed by atoms with Crippen LogP contribution in [-0.4, -0.2) is 31.7 Å². The molecule has 1 aromatic carbocycles. The van der Waals surface area contributed by atoms with E-state index in [1.54, 1.807) is 7.11 Å². The van der Waals surface area contributed by atoms with Crippen molar-refractivity contribution in [1.29, 1.82) is 0 Å². The lowest BCUT2D eigenvalue weighted by Gasteiger charge is -2.21. The first-order valence-corrected chi connectivity index (χ1v) is 9.67. The molecule has 0 radical (unpaired) electrons. The van der Waals surface area contributed by atoms with Crippen molar-refractivity contribution < 1.29 is 14.3 Å². The van der Waals surface area contributed by atoms with Gasteiger partial charge in [-0.25, -0.2) is 0 Å². The van der Waals surface area contributed by atoms with Crippen molar-refractivity contribution in [2.45, 2.75) is 71.9 Å². The number of carbonyl (C=O) groups excluding carboxylic acids is 1. The van der Waals surface area contributed by atoms with Crippen LogP contribution in [0.25, 0.3) is 0 Å². The molecule has 0 bridgehead atoms. The summed E-state index contributed by atoms with van der Waals surface area (Å²) in [5.41, 5.74) is 0.727. The number of para-hydroxylation sites is 1. The number of rotatable bonds is 12. The number of hydrogen-bond donors (Lipinski definition) is 2. The second-order valence-corrected chi connectivity index (χ2v) is 7.63. The quantitative estimate of drug-likeness (QED) is 0.549. The number of benzene rings is 1. The molecule has 0 spiro atoms. The molecule has 0 fully saturated rings. The number of nitrogens with one attached hydrogen (secondary N) is 2. The topological polar surface area (TPSA) is 59.6 Å². The lowest BCUT2D eigenvalue weighted by atomic mass is 10.1. The molecule has 0 saturated heterocycles. The summed E-state index contributed by atoms with van der Waals surface area (Å²) in [6, 6.07) is 5.80. The Morgan fingerprint density at radius 1 is 1.12 bits per heavy atom. The van der Waals surface area contributed by atoms with Crippen LogP contribution in [0.4, 0.5) is 0 Å². The van der Waals surface area contributed by atoms with Crippen molar-refractivity contribution in [2.75, 3.05) is 20.3 Å². The summed E-state index contributed by atoms with van der Waals surface area (Å²) < 4.78 is 11.2. The van der Waals surface area contributed by atoms with Gasteiger partial charge in [0, 0.05) is 17.6 Å². The third-order valence-electron chi connectivity index (χ3n) is 3.91. The Kier molecular flexibility index (Phi) is 10.1. The smallest absolute Gasteiger partial charge is 0.258 e. The average Bonchev–Trinajstić information content (AvgIpc) is 2.57. The van der Waals surface area contributed by atoms with Crippen LogP contribution in [0.2, 0.25) is 0 Å². The van der Waals surface area contributed by atoms with Crippen molar-refractivity contribution in [1.82, 2.24) is 10.6 Å². The van der Waals surface area contributed by atoms with Gasteiger partial charge in [0.05, 0.1) is 7.11 Å². The molecular weight excluding hydrogens is 328 g/mol. The first kappa shape index (κ1) is 22.3. The number of ether oxygens (including phenoxy) is 2. The van der Waals surface area contributed by atoms with Crippen molar-refractivity contribution in [2.24, 2.45) is 0 Å². The fourth-order valence-electron chi connectivity index (χ4n) is 2.69. The van der Waals surface area contributed by atoms with Crippen molar-refractivity contribution in [3.8, 4) is 11.5 Å². The summed E-state index contributed by atoms with van der Waals surface area (Å²) in [5, 5.41) is 6.36. The second-order valence-electron chi connectivity index (χ2n) is 7.63. The Hall–Kier alpha value is -1.75. The van der Waals surface area contributed by atoms with E-state index in [1.165, 1.54) is 32.1 Å². The summed E-state index contributed by atoms with van der Waals surface area (Å²) in [6.07, 6.45) is 6.31. The van der Waals surface area contributed by atoms with Gasteiger partial charge in [0.1, 0.15) is 0 Å². The van der Waals surface area contributed by atoms with Crippen LogP contribution >= 0.6 is 0 Å². The molecule has 0 aliphatic carbocycles. The molecule has 5 heteroatoms. The largest absolute Gasteiger partial charge is 0.493 e. The van der Waals surface area contributed by atoms with Gasteiger partial charge in [-0.1, -0.05) is 44.7 Å². The van der Waals surface area contributed by atoms with Gasteiger partial charge in [0.25, 0.3) is 5.91 Å². The first-order valence-electron chi connectivity index (χ1n) is 9.67. The Morgan fingerprint density at radius 2 is 1.85 bits per heavy atom. The number of amides is 1. The highest BCUT2D eigenvalue weighted by atomic mass is 16.5. The monoisotopic (exact) mass is 364 g/mol. The minimum Gasteiger partial charge on any atom is -0.493 e. The maximum absolute atomic E-state index is 12.0. The highest BCUT2D eigenvalue weighted by Gasteiger charge is 2.16. The van der Waals surface area contributed by atoms with E-state index in [1.807, 2.05) is 39.0 Å². The molecule has 1 aromatic rings. The third-order valence-corrected chi connectivity index (χ3v) is 3.91. The highest BCUT2D eigenvalue weighted by molar-refractivity contribution is 5.78. The molecule has 1 amide bonds. The number of carbonyl (C=O) groups is 1. The summed E-state index contributed by atoms with van der Waals surface area (Å²) in [6.45, 7) is 9.72. The number of methoxy groups -OCH3 is 1. The maximum Gasteiger partial charge on any atom is 0.258 e. The Morgan fingerprint density at radius 3 is 2.50 bits per heavy atom. The van der Waals surface area contributed by atoms with E-state index >= 15 is 0 Å². The lowest BCUT2D eigenvalue weighted by Crippen LogP contribution is -2.43. The average molecular weight is 365 g/mol. The molecule has 0 heterocycles. The van der Waals surface area contributed by atoms with E-state index in [4.69, 9.17) is 9.47 Å². The highest BCUT2D eigenvalue weighted by Crippen LogP contribution is 2.31. The first-order chi connectivity index (χ1) is 12.4. The van der Waals surface area contributed by atoms with E-state index in [0.29, 0.717) is 18.0 Å². The van der Waals surface area contributed by atoms with E-state index < -0.39 is 0 Å². The number of hydrogen-bond acceptors (Lipinski definition) is 4. The Labute approximate surface area is 158 Å². The van der Waals surface area contributed by atoms with E-state index in [9.17, 15) is 4.79 Å². The van der Waals surface area contributed by atoms with Gasteiger partial charge >= 0.3 is 0 Å². The molecule has 1 rings (SSSR count). The zero-order chi connectivity index (χ0) is 19.4. The van der Waals surface area contributed by atoms with E-state index in [0.717, 1.165) is 12.1 Å². The van der Waals surface area contributed by atoms with E-state index in [2.05, 4.69) is 17.6 Å². The van der Waals surface area contributed by atoms with Gasteiger partial charge in [-0.3, -0.25) is 4.79 Å². The predicted octanol–water partition coefficient (Wildman–Crippen LogP) is 4.05. The molecule has 5 nitrogen and oxygen atoms in total. The summed E-state index contributed by atoms with van der Waals surface area (Å²) in [7, 11) is 1.61. The van der Waals surface area contributed by atoms with Gasteiger partial charge in [-0.15, -0.1) is 0 Å². The molecule has 148 valence electrons. The third kappa shape index (κ3) is 9.09. The van der Waals surface area contributed by atoms with Gasteiger partial charge in [0.2, 0.25) is 0 Å². The molecule has 26 heavy (non-hydrogen) atoms. The van der Waals surface area contributed by atoms with Gasteiger partial charge in [0.15, 0.2) is 18.1 Å². The van der Waals surface area contributed by atoms with Crippen molar-refractivity contribution in [3.63, 3.8) is 0 Å².